The maximum atomic E-state index is 12.7. The van der Waals surface area contributed by atoms with E-state index < -0.39 is 0 Å². The molecule has 4 nitrogen and oxygen atoms in total. The molecule has 4 heteroatoms. The van der Waals surface area contributed by atoms with Gasteiger partial charge in [-0.3, -0.25) is 9.59 Å². The summed E-state index contributed by atoms with van der Waals surface area (Å²) in [6.07, 6.45) is 10.4. The van der Waals surface area contributed by atoms with E-state index in [0.717, 1.165) is 70.6 Å². The molecule has 0 aromatic carbocycles. The number of unbranched alkanes of at least 4 members (excludes halogenated alkanes) is 2. The molecular formula is C20H36O4. The van der Waals surface area contributed by atoms with Gasteiger partial charge in [-0.1, -0.05) is 59.3 Å². The van der Waals surface area contributed by atoms with Gasteiger partial charge in [-0.2, -0.15) is 0 Å². The Morgan fingerprint density at radius 3 is 2.08 bits per heavy atom. The van der Waals surface area contributed by atoms with Gasteiger partial charge < -0.3 is 9.47 Å². The molecule has 0 saturated heterocycles. The zero-order chi connectivity index (χ0) is 17.8. The van der Waals surface area contributed by atoms with Crippen LogP contribution in [0.25, 0.3) is 0 Å². The molecule has 0 radical (unpaired) electrons. The molecule has 3 unspecified atom stereocenters. The zero-order valence-electron chi connectivity index (χ0n) is 15.9. The van der Waals surface area contributed by atoms with Crippen LogP contribution < -0.4 is 0 Å². The lowest BCUT2D eigenvalue weighted by molar-refractivity contribution is -0.166. The Hall–Kier alpha value is -1.06. The molecule has 0 bridgehead atoms. The lowest BCUT2D eigenvalue weighted by Crippen LogP contribution is -2.36. The van der Waals surface area contributed by atoms with Crippen molar-refractivity contribution >= 4 is 11.9 Å². The van der Waals surface area contributed by atoms with Crippen LogP contribution in [-0.4, -0.2) is 24.6 Å². The number of rotatable bonds is 11. The second-order valence-electron chi connectivity index (χ2n) is 7.01. The van der Waals surface area contributed by atoms with Crippen LogP contribution >= 0.6 is 0 Å². The van der Waals surface area contributed by atoms with Crippen LogP contribution in [0.5, 0.6) is 0 Å². The zero-order valence-corrected chi connectivity index (χ0v) is 15.9. The Morgan fingerprint density at radius 2 is 1.50 bits per heavy atom. The van der Waals surface area contributed by atoms with E-state index in [9.17, 15) is 9.59 Å². The fourth-order valence-electron chi connectivity index (χ4n) is 3.39. The highest BCUT2D eigenvalue weighted by Crippen LogP contribution is 2.33. The third kappa shape index (κ3) is 7.23. The number of esters is 2. The maximum Gasteiger partial charge on any atom is 0.310 e. The SMILES string of the molecule is CCCCOC(=O)C1CCCCC1C(=O)OC(CCC)CCCC. The minimum absolute atomic E-state index is 0.00105. The molecule has 140 valence electrons. The maximum absolute atomic E-state index is 12.7. The minimum Gasteiger partial charge on any atom is -0.465 e. The Balaban J connectivity index is 2.60. The summed E-state index contributed by atoms with van der Waals surface area (Å²) in [5, 5.41) is 0. The fourth-order valence-corrected chi connectivity index (χ4v) is 3.39. The van der Waals surface area contributed by atoms with Crippen LogP contribution in [0.4, 0.5) is 0 Å². The molecule has 0 N–H and O–H groups in total. The van der Waals surface area contributed by atoms with Crippen LogP contribution in [0, 0.1) is 11.8 Å². The first-order valence-corrected chi connectivity index (χ1v) is 10.0. The molecule has 0 spiro atoms. The summed E-state index contributed by atoms with van der Waals surface area (Å²) in [6, 6.07) is 0. The highest BCUT2D eigenvalue weighted by molar-refractivity contribution is 5.82. The Kier molecular flexibility index (Phi) is 10.8. The van der Waals surface area contributed by atoms with Gasteiger partial charge in [-0.05, 0) is 32.1 Å². The largest absolute Gasteiger partial charge is 0.465 e. The average molecular weight is 341 g/mol. The highest BCUT2D eigenvalue weighted by atomic mass is 16.5. The van der Waals surface area contributed by atoms with Crippen molar-refractivity contribution in [3.8, 4) is 0 Å². The first kappa shape index (κ1) is 21.0. The topological polar surface area (TPSA) is 52.6 Å². The van der Waals surface area contributed by atoms with E-state index in [1.807, 2.05) is 0 Å². The standard InChI is InChI=1S/C20H36O4/c1-4-7-12-16(11-6-3)24-20(22)18-14-10-9-13-17(18)19(21)23-15-8-5-2/h16-18H,4-15H2,1-3H3. The number of carbonyl (C=O) groups is 2. The molecule has 0 aromatic heterocycles. The summed E-state index contributed by atoms with van der Waals surface area (Å²) in [6.45, 7) is 6.79. The van der Waals surface area contributed by atoms with E-state index in [-0.39, 0.29) is 29.9 Å². The van der Waals surface area contributed by atoms with Crippen LogP contribution in [0.3, 0.4) is 0 Å². The number of hydrogen-bond acceptors (Lipinski definition) is 4. The van der Waals surface area contributed by atoms with Crippen molar-refractivity contribution in [1.29, 1.82) is 0 Å². The van der Waals surface area contributed by atoms with Crippen molar-refractivity contribution in [3.63, 3.8) is 0 Å². The molecule has 1 aliphatic carbocycles. The van der Waals surface area contributed by atoms with Gasteiger partial charge in [0.15, 0.2) is 0 Å². The van der Waals surface area contributed by atoms with Crippen LogP contribution in [0.1, 0.15) is 91.4 Å². The van der Waals surface area contributed by atoms with Gasteiger partial charge in [0.05, 0.1) is 18.4 Å². The summed E-state index contributed by atoms with van der Waals surface area (Å²) >= 11 is 0. The third-order valence-corrected chi connectivity index (χ3v) is 4.89. The summed E-state index contributed by atoms with van der Waals surface area (Å²) < 4.78 is 11.2. The van der Waals surface area contributed by atoms with Crippen molar-refractivity contribution in [2.24, 2.45) is 11.8 Å². The number of carbonyl (C=O) groups excluding carboxylic acids is 2. The van der Waals surface area contributed by atoms with E-state index >= 15 is 0 Å². The van der Waals surface area contributed by atoms with Crippen molar-refractivity contribution in [1.82, 2.24) is 0 Å². The van der Waals surface area contributed by atoms with Gasteiger partial charge in [-0.15, -0.1) is 0 Å². The smallest absolute Gasteiger partial charge is 0.310 e. The highest BCUT2D eigenvalue weighted by Gasteiger charge is 2.38. The van der Waals surface area contributed by atoms with Gasteiger partial charge in [-0.25, -0.2) is 0 Å². The number of hydrogen-bond donors (Lipinski definition) is 0. The van der Waals surface area contributed by atoms with Crippen molar-refractivity contribution < 1.29 is 19.1 Å². The van der Waals surface area contributed by atoms with Gasteiger partial charge in [0.1, 0.15) is 6.10 Å². The molecule has 24 heavy (non-hydrogen) atoms. The van der Waals surface area contributed by atoms with Crippen molar-refractivity contribution in [2.45, 2.75) is 97.5 Å². The first-order valence-electron chi connectivity index (χ1n) is 10.0. The van der Waals surface area contributed by atoms with E-state index in [2.05, 4.69) is 20.8 Å². The monoisotopic (exact) mass is 340 g/mol. The predicted octanol–water partition coefficient (Wildman–Crippen LogP) is 5.04. The Labute approximate surface area is 147 Å². The summed E-state index contributed by atoms with van der Waals surface area (Å²) in [7, 11) is 0. The molecule has 0 heterocycles. The predicted molar refractivity (Wildman–Crippen MR) is 95.6 cm³/mol. The summed E-state index contributed by atoms with van der Waals surface area (Å²) in [5.74, 6) is -1.00. The van der Waals surface area contributed by atoms with Gasteiger partial charge in [0.2, 0.25) is 0 Å². The lowest BCUT2D eigenvalue weighted by Gasteiger charge is -2.30. The molecular weight excluding hydrogens is 304 g/mol. The van der Waals surface area contributed by atoms with Gasteiger partial charge in [0, 0.05) is 0 Å². The van der Waals surface area contributed by atoms with Crippen LogP contribution in [0.2, 0.25) is 0 Å². The molecule has 1 saturated carbocycles. The second kappa shape index (κ2) is 12.3. The Morgan fingerprint density at radius 1 is 0.875 bits per heavy atom. The molecule has 0 aromatic rings. The normalized spacial score (nSPS) is 22.0. The average Bonchev–Trinajstić information content (AvgIpc) is 2.60. The van der Waals surface area contributed by atoms with Gasteiger partial charge >= 0.3 is 11.9 Å². The molecule has 0 aliphatic heterocycles. The molecule has 3 atom stereocenters. The second-order valence-corrected chi connectivity index (χ2v) is 7.01. The molecule has 1 fully saturated rings. The molecule has 1 aliphatic rings. The van der Waals surface area contributed by atoms with E-state index in [1.165, 1.54) is 0 Å². The fraction of sp³-hybridized carbons (Fsp3) is 0.900. The summed E-state index contributed by atoms with van der Waals surface area (Å²) in [4.78, 5) is 25.0. The quantitative estimate of drug-likeness (QED) is 0.390. The third-order valence-electron chi connectivity index (χ3n) is 4.89. The van der Waals surface area contributed by atoms with Gasteiger partial charge in [0.25, 0.3) is 0 Å². The molecule has 0 amide bonds. The van der Waals surface area contributed by atoms with E-state index in [0.29, 0.717) is 6.61 Å². The minimum atomic E-state index is -0.311. The van der Waals surface area contributed by atoms with Crippen molar-refractivity contribution in [3.05, 3.63) is 0 Å². The van der Waals surface area contributed by atoms with Crippen LogP contribution in [0.15, 0.2) is 0 Å². The number of ether oxygens (including phenoxy) is 2. The van der Waals surface area contributed by atoms with Crippen LogP contribution in [-0.2, 0) is 19.1 Å². The van der Waals surface area contributed by atoms with E-state index in [1.54, 1.807) is 0 Å². The first-order chi connectivity index (χ1) is 11.6. The molecule has 1 rings (SSSR count). The Bertz CT molecular complexity index is 367. The summed E-state index contributed by atoms with van der Waals surface area (Å²) in [5.41, 5.74) is 0. The van der Waals surface area contributed by atoms with E-state index in [4.69, 9.17) is 9.47 Å². The van der Waals surface area contributed by atoms with Crippen molar-refractivity contribution in [2.75, 3.05) is 6.61 Å². The lowest BCUT2D eigenvalue weighted by atomic mass is 9.79.